The number of aromatic amines is 1. The van der Waals surface area contributed by atoms with Crippen LogP contribution in [-0.4, -0.2) is 29.7 Å². The van der Waals surface area contributed by atoms with Crippen molar-refractivity contribution < 1.29 is 0 Å². The SMILES string of the molecule is Cn1ncc2c(N)nc(CSc3ncc[nH]3)nc21. The summed E-state index contributed by atoms with van der Waals surface area (Å²) >= 11 is 1.53. The van der Waals surface area contributed by atoms with Crippen molar-refractivity contribution in [2.24, 2.45) is 7.05 Å². The first kappa shape index (κ1) is 11.0. The van der Waals surface area contributed by atoms with E-state index < -0.39 is 0 Å². The third-order valence-electron chi connectivity index (χ3n) is 2.48. The number of hydrogen-bond acceptors (Lipinski definition) is 6. The number of fused-ring (bicyclic) bond motifs is 1. The van der Waals surface area contributed by atoms with Gasteiger partial charge in [0.1, 0.15) is 11.6 Å². The molecule has 3 rings (SSSR count). The van der Waals surface area contributed by atoms with Crippen molar-refractivity contribution in [2.75, 3.05) is 5.73 Å². The van der Waals surface area contributed by atoms with Crippen molar-refractivity contribution in [1.29, 1.82) is 0 Å². The topological polar surface area (TPSA) is 98.3 Å². The maximum Gasteiger partial charge on any atom is 0.165 e. The minimum absolute atomic E-state index is 0.461. The number of anilines is 1. The highest BCUT2D eigenvalue weighted by Crippen LogP contribution is 2.21. The summed E-state index contributed by atoms with van der Waals surface area (Å²) in [5.74, 6) is 1.74. The van der Waals surface area contributed by atoms with Gasteiger partial charge in [-0.25, -0.2) is 15.0 Å². The minimum atomic E-state index is 0.461. The zero-order valence-corrected chi connectivity index (χ0v) is 10.5. The number of rotatable bonds is 3. The second-order valence-electron chi connectivity index (χ2n) is 3.71. The summed E-state index contributed by atoms with van der Waals surface area (Å²) in [7, 11) is 1.83. The molecule has 0 aliphatic heterocycles. The van der Waals surface area contributed by atoms with E-state index in [4.69, 9.17) is 5.73 Å². The Morgan fingerprint density at radius 2 is 2.33 bits per heavy atom. The second kappa shape index (κ2) is 4.30. The lowest BCUT2D eigenvalue weighted by atomic mass is 10.4. The summed E-state index contributed by atoms with van der Waals surface area (Å²) in [6, 6.07) is 0. The van der Waals surface area contributed by atoms with Crippen LogP contribution in [0.5, 0.6) is 0 Å². The highest BCUT2D eigenvalue weighted by atomic mass is 32.2. The molecule has 3 aromatic heterocycles. The summed E-state index contributed by atoms with van der Waals surface area (Å²) in [5.41, 5.74) is 6.63. The molecule has 0 aliphatic carbocycles. The third kappa shape index (κ3) is 1.90. The number of aromatic nitrogens is 6. The molecule has 0 saturated carbocycles. The van der Waals surface area contributed by atoms with E-state index in [-0.39, 0.29) is 0 Å². The van der Waals surface area contributed by atoms with Crippen molar-refractivity contribution in [3.05, 3.63) is 24.4 Å². The highest BCUT2D eigenvalue weighted by molar-refractivity contribution is 7.98. The predicted octanol–water partition coefficient (Wildman–Crippen LogP) is 0.961. The van der Waals surface area contributed by atoms with Crippen molar-refractivity contribution in [2.45, 2.75) is 10.9 Å². The van der Waals surface area contributed by atoms with E-state index in [1.54, 1.807) is 23.3 Å². The van der Waals surface area contributed by atoms with Crippen molar-refractivity contribution in [3.63, 3.8) is 0 Å². The summed E-state index contributed by atoms with van der Waals surface area (Å²) in [6.07, 6.45) is 5.16. The molecule has 7 nitrogen and oxygen atoms in total. The molecular formula is C10H11N7S. The lowest BCUT2D eigenvalue weighted by Gasteiger charge is -2.02. The largest absolute Gasteiger partial charge is 0.383 e. The van der Waals surface area contributed by atoms with Crippen molar-refractivity contribution >= 4 is 28.6 Å². The molecule has 8 heteroatoms. The van der Waals surface area contributed by atoms with Crippen molar-refractivity contribution in [1.82, 2.24) is 29.7 Å². The number of nitrogen functional groups attached to an aromatic ring is 1. The Balaban J connectivity index is 1.90. The van der Waals surface area contributed by atoms with E-state index in [9.17, 15) is 0 Å². The average molecular weight is 261 g/mol. The Bertz CT molecular complexity index is 673. The smallest absolute Gasteiger partial charge is 0.165 e. The van der Waals surface area contributed by atoms with Gasteiger partial charge in [0, 0.05) is 19.4 Å². The van der Waals surface area contributed by atoms with Crippen molar-refractivity contribution in [3.8, 4) is 0 Å². The van der Waals surface area contributed by atoms with Gasteiger partial charge in [0.15, 0.2) is 10.8 Å². The quantitative estimate of drug-likeness (QED) is 0.681. The number of nitrogens with zero attached hydrogens (tertiary/aromatic N) is 5. The fourth-order valence-electron chi connectivity index (χ4n) is 1.62. The van der Waals surface area contributed by atoms with Crippen LogP contribution in [0.25, 0.3) is 11.0 Å². The molecule has 18 heavy (non-hydrogen) atoms. The van der Waals surface area contributed by atoms with Crippen LogP contribution in [0.2, 0.25) is 0 Å². The van der Waals surface area contributed by atoms with Gasteiger partial charge in [-0.2, -0.15) is 5.10 Å². The number of H-pyrrole nitrogens is 1. The second-order valence-corrected chi connectivity index (χ2v) is 4.68. The fraction of sp³-hybridized carbons (Fsp3) is 0.200. The first-order valence-corrected chi connectivity index (χ1v) is 6.29. The van der Waals surface area contributed by atoms with Gasteiger partial charge in [0.2, 0.25) is 0 Å². The lowest BCUT2D eigenvalue weighted by Crippen LogP contribution is -2.01. The summed E-state index contributed by atoms with van der Waals surface area (Å²) in [6.45, 7) is 0. The van der Waals surface area contributed by atoms with Gasteiger partial charge in [0.25, 0.3) is 0 Å². The molecular weight excluding hydrogens is 250 g/mol. The van der Waals surface area contributed by atoms with Gasteiger partial charge < -0.3 is 10.7 Å². The zero-order chi connectivity index (χ0) is 12.5. The average Bonchev–Trinajstić information content (AvgIpc) is 2.98. The van der Waals surface area contributed by atoms with Crippen LogP contribution >= 0.6 is 11.8 Å². The van der Waals surface area contributed by atoms with Gasteiger partial charge in [-0.1, -0.05) is 11.8 Å². The monoisotopic (exact) mass is 261 g/mol. The molecule has 0 bridgehead atoms. The molecule has 3 N–H and O–H groups in total. The zero-order valence-electron chi connectivity index (χ0n) is 9.66. The molecule has 0 aliphatic rings. The minimum Gasteiger partial charge on any atom is -0.383 e. The predicted molar refractivity (Wildman–Crippen MR) is 68.9 cm³/mol. The number of aryl methyl sites for hydroxylation is 1. The highest BCUT2D eigenvalue weighted by Gasteiger charge is 2.09. The number of nitrogens with one attached hydrogen (secondary N) is 1. The molecule has 3 heterocycles. The lowest BCUT2D eigenvalue weighted by molar-refractivity contribution is 0.782. The summed E-state index contributed by atoms with van der Waals surface area (Å²) in [4.78, 5) is 15.8. The number of thioether (sulfide) groups is 1. The van der Waals surface area contributed by atoms with Gasteiger partial charge in [0.05, 0.1) is 17.3 Å². The van der Waals surface area contributed by atoms with Crippen LogP contribution in [0.3, 0.4) is 0 Å². The summed E-state index contributed by atoms with van der Waals surface area (Å²) in [5, 5.41) is 5.73. The van der Waals surface area contributed by atoms with Gasteiger partial charge in [-0.15, -0.1) is 0 Å². The number of nitrogens with two attached hydrogens (primary N) is 1. The van der Waals surface area contributed by atoms with Crippen LogP contribution in [0, 0.1) is 0 Å². The molecule has 0 spiro atoms. The molecule has 3 aromatic rings. The van der Waals surface area contributed by atoms with E-state index in [1.165, 1.54) is 11.8 Å². The fourth-order valence-corrected chi connectivity index (χ4v) is 2.30. The van der Waals surface area contributed by atoms with Crippen LogP contribution in [0.15, 0.2) is 23.7 Å². The maximum absolute atomic E-state index is 5.88. The van der Waals surface area contributed by atoms with E-state index in [1.807, 2.05) is 7.05 Å². The third-order valence-corrected chi connectivity index (χ3v) is 3.38. The van der Waals surface area contributed by atoms with Crippen LogP contribution < -0.4 is 5.73 Å². The Labute approximate surface area is 107 Å². The van der Waals surface area contributed by atoms with Crippen LogP contribution in [0.1, 0.15) is 5.82 Å². The normalized spacial score (nSPS) is 11.2. The number of imidazole rings is 1. The Hall–Kier alpha value is -2.09. The Morgan fingerprint density at radius 3 is 3.11 bits per heavy atom. The summed E-state index contributed by atoms with van der Waals surface area (Å²) < 4.78 is 1.69. The number of hydrogen-bond donors (Lipinski definition) is 2. The molecule has 0 unspecified atom stereocenters. The molecule has 0 saturated heterocycles. The van der Waals surface area contributed by atoms with Crippen LogP contribution in [0.4, 0.5) is 5.82 Å². The van der Waals surface area contributed by atoms with E-state index in [0.29, 0.717) is 17.4 Å². The molecule has 92 valence electrons. The molecule has 0 amide bonds. The maximum atomic E-state index is 5.88. The molecule has 0 atom stereocenters. The van der Waals surface area contributed by atoms with Gasteiger partial charge in [-0.05, 0) is 0 Å². The molecule has 0 radical (unpaired) electrons. The Morgan fingerprint density at radius 1 is 1.44 bits per heavy atom. The van der Waals surface area contributed by atoms with Gasteiger partial charge in [-0.3, -0.25) is 4.68 Å². The molecule has 0 fully saturated rings. The van der Waals surface area contributed by atoms with E-state index in [0.717, 1.165) is 16.2 Å². The molecule has 0 aromatic carbocycles. The van der Waals surface area contributed by atoms with Crippen LogP contribution in [-0.2, 0) is 12.8 Å². The van der Waals surface area contributed by atoms with E-state index >= 15 is 0 Å². The standard InChI is InChI=1S/C10H11N7S/c1-17-9-6(4-14-17)8(11)15-7(16-9)5-18-10-12-2-3-13-10/h2-4H,5H2,1H3,(H,12,13)(H2,11,15,16). The Kier molecular flexibility index (Phi) is 2.63. The first-order chi connectivity index (χ1) is 8.74. The van der Waals surface area contributed by atoms with Gasteiger partial charge >= 0.3 is 0 Å². The van der Waals surface area contributed by atoms with E-state index in [2.05, 4.69) is 25.0 Å². The first-order valence-electron chi connectivity index (χ1n) is 5.30.